The highest BCUT2D eigenvalue weighted by Crippen LogP contribution is 2.32. The van der Waals surface area contributed by atoms with Crippen molar-refractivity contribution in [2.45, 2.75) is 32.2 Å². The van der Waals surface area contributed by atoms with Gasteiger partial charge in [0.05, 0.1) is 11.4 Å². The van der Waals surface area contributed by atoms with Crippen molar-refractivity contribution < 1.29 is 9.59 Å². The number of pyridine rings is 1. The SMILES string of the molecule is CC(=O)C1CCN(c2ccc(C3=NC(Cc4ccccc4Cl)C(=O)N(C)c4ccc(Cl)cc43)cn2)CC1. The lowest BCUT2D eigenvalue weighted by Gasteiger charge is -2.31. The summed E-state index contributed by atoms with van der Waals surface area (Å²) in [7, 11) is 1.76. The number of fused-ring (bicyclic) bond motifs is 1. The van der Waals surface area contributed by atoms with Gasteiger partial charge in [0.15, 0.2) is 0 Å². The summed E-state index contributed by atoms with van der Waals surface area (Å²) in [4.78, 5) is 38.8. The number of benzene rings is 2. The fourth-order valence-electron chi connectivity index (χ4n) is 5.08. The van der Waals surface area contributed by atoms with Crippen molar-refractivity contribution in [2.75, 3.05) is 29.9 Å². The van der Waals surface area contributed by atoms with Crippen molar-refractivity contribution in [1.82, 2.24) is 4.98 Å². The number of carbonyl (C=O) groups is 2. The predicted octanol–water partition coefficient (Wildman–Crippen LogP) is 5.62. The molecule has 2 aliphatic heterocycles. The van der Waals surface area contributed by atoms with Gasteiger partial charge in [-0.05, 0) is 61.7 Å². The van der Waals surface area contributed by atoms with E-state index in [2.05, 4.69) is 4.90 Å². The number of rotatable bonds is 5. The van der Waals surface area contributed by atoms with Gasteiger partial charge in [0, 0.05) is 59.8 Å². The minimum absolute atomic E-state index is 0.114. The van der Waals surface area contributed by atoms with Gasteiger partial charge in [-0.2, -0.15) is 0 Å². The van der Waals surface area contributed by atoms with Crippen LogP contribution in [0.5, 0.6) is 0 Å². The summed E-state index contributed by atoms with van der Waals surface area (Å²) in [5.74, 6) is 1.16. The number of Topliss-reactive ketones (excluding diaryl/α,β-unsaturated/α-hetero) is 1. The molecule has 6 nitrogen and oxygen atoms in total. The van der Waals surface area contributed by atoms with Crippen LogP contribution in [0.4, 0.5) is 11.5 Å². The first kappa shape index (κ1) is 25.4. The molecule has 0 N–H and O–H groups in total. The molecule has 8 heteroatoms. The van der Waals surface area contributed by atoms with Crippen LogP contribution in [0, 0.1) is 5.92 Å². The van der Waals surface area contributed by atoms with E-state index in [1.165, 1.54) is 0 Å². The molecule has 0 bridgehead atoms. The molecule has 3 aromatic rings. The molecular weight excluding hydrogens is 507 g/mol. The fourth-order valence-corrected chi connectivity index (χ4v) is 5.46. The number of aliphatic imine (C=N–C) groups is 1. The van der Waals surface area contributed by atoms with Gasteiger partial charge in [0.2, 0.25) is 0 Å². The summed E-state index contributed by atoms with van der Waals surface area (Å²) in [6, 6.07) is 16.3. The molecule has 5 rings (SSSR count). The van der Waals surface area contributed by atoms with E-state index in [1.807, 2.05) is 48.5 Å². The number of piperidine rings is 1. The molecule has 0 radical (unpaired) electrons. The van der Waals surface area contributed by atoms with Gasteiger partial charge >= 0.3 is 0 Å². The maximum atomic E-state index is 13.5. The van der Waals surface area contributed by atoms with Crippen LogP contribution in [-0.2, 0) is 16.0 Å². The molecule has 1 aromatic heterocycles. The Morgan fingerprint density at radius 3 is 2.49 bits per heavy atom. The van der Waals surface area contributed by atoms with Crippen LogP contribution in [0.15, 0.2) is 65.8 Å². The van der Waals surface area contributed by atoms with Gasteiger partial charge in [-0.1, -0.05) is 41.4 Å². The molecule has 0 spiro atoms. The van der Waals surface area contributed by atoms with Gasteiger partial charge < -0.3 is 9.80 Å². The standard InChI is InChI=1S/C29H28Cl2N4O2/c1-18(36)19-11-13-35(14-12-19)27-10-7-21(17-32-27)28-23-16-22(30)8-9-26(23)34(2)29(37)25(33-28)15-20-5-3-4-6-24(20)31/h3-10,16-17,19,25H,11-15H2,1-2H3. The Balaban J connectivity index is 1.51. The highest BCUT2D eigenvalue weighted by atomic mass is 35.5. The normalized spacial score (nSPS) is 18.3. The molecule has 1 unspecified atom stereocenters. The third-order valence-corrected chi connectivity index (χ3v) is 7.87. The third kappa shape index (κ3) is 5.27. The maximum Gasteiger partial charge on any atom is 0.251 e. The van der Waals surface area contributed by atoms with E-state index in [4.69, 9.17) is 33.2 Å². The number of amides is 1. The molecule has 2 aliphatic rings. The highest BCUT2D eigenvalue weighted by Gasteiger charge is 2.31. The Morgan fingerprint density at radius 2 is 1.81 bits per heavy atom. The monoisotopic (exact) mass is 534 g/mol. The lowest BCUT2D eigenvalue weighted by atomic mass is 9.93. The Kier molecular flexibility index (Phi) is 7.31. The quantitative estimate of drug-likeness (QED) is 0.426. The summed E-state index contributed by atoms with van der Waals surface area (Å²) >= 11 is 12.8. The third-order valence-electron chi connectivity index (χ3n) is 7.26. The fraction of sp³-hybridized carbons (Fsp3) is 0.310. The lowest BCUT2D eigenvalue weighted by Crippen LogP contribution is -2.36. The van der Waals surface area contributed by atoms with Crippen molar-refractivity contribution in [1.29, 1.82) is 0 Å². The summed E-state index contributed by atoms with van der Waals surface area (Å²) in [6.07, 6.45) is 3.87. The molecule has 1 atom stereocenters. The molecule has 2 aromatic carbocycles. The second-order valence-corrected chi connectivity index (χ2v) is 10.5. The van der Waals surface area contributed by atoms with Crippen LogP contribution >= 0.6 is 23.2 Å². The molecule has 0 aliphatic carbocycles. The first-order valence-electron chi connectivity index (χ1n) is 12.4. The highest BCUT2D eigenvalue weighted by molar-refractivity contribution is 6.32. The van der Waals surface area contributed by atoms with E-state index in [1.54, 1.807) is 31.1 Å². The van der Waals surface area contributed by atoms with Crippen molar-refractivity contribution >= 4 is 52.1 Å². The summed E-state index contributed by atoms with van der Waals surface area (Å²) in [5.41, 5.74) is 3.86. The first-order valence-corrected chi connectivity index (χ1v) is 13.2. The first-order chi connectivity index (χ1) is 17.8. The van der Waals surface area contributed by atoms with E-state index >= 15 is 0 Å². The number of aromatic nitrogens is 1. The molecule has 0 saturated carbocycles. The van der Waals surface area contributed by atoms with Crippen molar-refractivity contribution in [2.24, 2.45) is 10.9 Å². The van der Waals surface area contributed by atoms with Crippen molar-refractivity contribution in [3.05, 3.63) is 87.5 Å². The number of ketones is 1. The Hall–Kier alpha value is -3.22. The number of halogens is 2. The van der Waals surface area contributed by atoms with E-state index in [9.17, 15) is 9.59 Å². The van der Waals surface area contributed by atoms with Crippen molar-refractivity contribution in [3.63, 3.8) is 0 Å². The zero-order chi connectivity index (χ0) is 26.1. The van der Waals surface area contributed by atoms with Crippen LogP contribution in [0.25, 0.3) is 0 Å². The van der Waals surface area contributed by atoms with E-state index < -0.39 is 6.04 Å². The number of carbonyl (C=O) groups excluding carboxylic acids is 2. The molecule has 190 valence electrons. The summed E-state index contributed by atoms with van der Waals surface area (Å²) in [5, 5.41) is 1.17. The van der Waals surface area contributed by atoms with Crippen LogP contribution in [0.2, 0.25) is 10.0 Å². The predicted molar refractivity (Wildman–Crippen MR) is 149 cm³/mol. The van der Waals surface area contributed by atoms with Gasteiger partial charge in [-0.25, -0.2) is 4.98 Å². The smallest absolute Gasteiger partial charge is 0.251 e. The van der Waals surface area contributed by atoms with Gasteiger partial charge in [0.1, 0.15) is 17.6 Å². The zero-order valence-corrected chi connectivity index (χ0v) is 22.3. The average Bonchev–Trinajstić information content (AvgIpc) is 3.00. The molecule has 3 heterocycles. The lowest BCUT2D eigenvalue weighted by molar-refractivity contribution is -0.121. The van der Waals surface area contributed by atoms with E-state index in [0.717, 1.165) is 54.1 Å². The second-order valence-electron chi connectivity index (χ2n) is 9.62. The number of hydrogen-bond donors (Lipinski definition) is 0. The molecule has 1 fully saturated rings. The minimum atomic E-state index is -0.656. The number of likely N-dealkylation sites (N-methyl/N-ethyl adjacent to an activating group) is 1. The van der Waals surface area contributed by atoms with Crippen LogP contribution in [0.1, 0.15) is 36.5 Å². The van der Waals surface area contributed by atoms with E-state index in [0.29, 0.717) is 22.2 Å². The largest absolute Gasteiger partial charge is 0.357 e. The van der Waals surface area contributed by atoms with Gasteiger partial charge in [-0.3, -0.25) is 14.6 Å². The average molecular weight is 535 g/mol. The number of hydrogen-bond acceptors (Lipinski definition) is 5. The minimum Gasteiger partial charge on any atom is -0.357 e. The topological polar surface area (TPSA) is 65.9 Å². The maximum absolute atomic E-state index is 13.5. The summed E-state index contributed by atoms with van der Waals surface area (Å²) in [6.45, 7) is 3.27. The molecule has 1 saturated heterocycles. The number of nitrogens with zero attached hydrogens (tertiary/aromatic N) is 4. The van der Waals surface area contributed by atoms with Crippen LogP contribution in [0.3, 0.4) is 0 Å². The Morgan fingerprint density at radius 1 is 1.05 bits per heavy atom. The zero-order valence-electron chi connectivity index (χ0n) is 20.8. The van der Waals surface area contributed by atoms with Gasteiger partial charge in [-0.15, -0.1) is 0 Å². The van der Waals surface area contributed by atoms with Gasteiger partial charge in [0.25, 0.3) is 5.91 Å². The number of benzodiazepines with no additional fused rings is 1. The summed E-state index contributed by atoms with van der Waals surface area (Å²) < 4.78 is 0. The van der Waals surface area contributed by atoms with E-state index in [-0.39, 0.29) is 17.6 Å². The van der Waals surface area contributed by atoms with Crippen LogP contribution < -0.4 is 9.80 Å². The second kappa shape index (κ2) is 10.6. The van der Waals surface area contributed by atoms with Crippen LogP contribution in [-0.4, -0.2) is 48.6 Å². The number of anilines is 2. The molecule has 37 heavy (non-hydrogen) atoms. The molecular formula is C29H28Cl2N4O2. The Bertz CT molecular complexity index is 1360. The van der Waals surface area contributed by atoms with Crippen molar-refractivity contribution in [3.8, 4) is 0 Å². The Labute approximate surface area is 226 Å². The molecule has 1 amide bonds.